The zero-order valence-electron chi connectivity index (χ0n) is 9.05. The Kier molecular flexibility index (Phi) is 0.999. The molecule has 0 radical (unpaired) electrons. The molecule has 0 spiro atoms. The molecular formula is C10H20F2Ru. The van der Waals surface area contributed by atoms with Crippen LogP contribution in [0, 0.1) is 0 Å². The Morgan fingerprint density at radius 2 is 1.54 bits per heavy atom. The zero-order valence-corrected chi connectivity index (χ0v) is 10.8. The van der Waals surface area contributed by atoms with Crippen molar-refractivity contribution in [2.75, 3.05) is 0 Å². The van der Waals surface area contributed by atoms with Gasteiger partial charge >= 0.3 is 74.1 Å². The van der Waals surface area contributed by atoms with Crippen molar-refractivity contribution >= 4 is 0 Å². The first-order chi connectivity index (χ1) is 5.00. The molecule has 0 unspecified atom stereocenters. The van der Waals surface area contributed by atoms with Gasteiger partial charge in [-0.15, -0.1) is 0 Å². The molecule has 0 bridgehead atoms. The normalized spacial score (nSPS) is 29.6. The average molecular weight is 279 g/mol. The molecule has 0 N–H and O–H groups in total. The van der Waals surface area contributed by atoms with Crippen LogP contribution in [0.4, 0.5) is 6.63 Å². The van der Waals surface area contributed by atoms with Gasteiger partial charge in [0.25, 0.3) is 0 Å². The van der Waals surface area contributed by atoms with E-state index in [0.717, 1.165) is 27.6 Å². The fraction of sp³-hybridized carbons (Fsp3) is 0.600. The summed E-state index contributed by atoms with van der Waals surface area (Å²) in [6.45, 7) is 0. The second-order valence-corrected chi connectivity index (χ2v) is 37.5. The SMILES string of the molecule is [CH3][Ru]([CH3])([CH3])([CH3])([CH3])([F])([F])[C]1=CC=CC1. The predicted octanol–water partition coefficient (Wildman–Crippen LogP) is 5.14. The molecule has 0 nitrogen and oxygen atoms in total. The second kappa shape index (κ2) is 1.18. The van der Waals surface area contributed by atoms with E-state index in [2.05, 4.69) is 0 Å². The first-order valence-corrected chi connectivity index (χ1v) is 14.8. The van der Waals surface area contributed by atoms with Crippen molar-refractivity contribution < 1.29 is 17.7 Å². The first kappa shape index (κ1) is 11.0. The van der Waals surface area contributed by atoms with Crippen molar-refractivity contribution in [3.63, 3.8) is 0 Å². The summed E-state index contributed by atoms with van der Waals surface area (Å²) in [6, 6.07) is 0. The van der Waals surface area contributed by atoms with Gasteiger partial charge in [-0.05, 0) is 0 Å². The molecular weight excluding hydrogens is 259 g/mol. The Hall–Kier alpha value is -0.0366. The standard InChI is InChI=1S/C5H5.5CH3.2FH.Ru/c1-2-4-5-3-1;;;;;;;;/h1-3H,4H2;5*1H3;2*1H;/q;;;;;;;;+2/p-2. The van der Waals surface area contributed by atoms with Gasteiger partial charge in [0.1, 0.15) is 0 Å². The fourth-order valence-electron chi connectivity index (χ4n) is 1.17. The van der Waals surface area contributed by atoms with Crippen LogP contribution in [0.2, 0.25) is 27.6 Å². The molecule has 3 heteroatoms. The number of rotatable bonds is 1. The van der Waals surface area contributed by atoms with Gasteiger partial charge in [-0.2, -0.15) is 0 Å². The van der Waals surface area contributed by atoms with Crippen molar-refractivity contribution in [1.29, 1.82) is 0 Å². The van der Waals surface area contributed by atoms with E-state index in [4.69, 9.17) is 0 Å². The summed E-state index contributed by atoms with van der Waals surface area (Å²) in [5.74, 6) is 0. The summed E-state index contributed by atoms with van der Waals surface area (Å²) in [6.07, 6.45) is 5.48. The van der Waals surface area contributed by atoms with Crippen LogP contribution in [-0.4, -0.2) is 0 Å². The molecule has 0 heterocycles. The fourth-order valence-corrected chi connectivity index (χ4v) is 5.25. The third-order valence-electron chi connectivity index (χ3n) is 2.02. The minimum absolute atomic E-state index is 0.304. The molecule has 0 atom stereocenters. The zero-order chi connectivity index (χ0) is 10.8. The van der Waals surface area contributed by atoms with E-state index in [0.29, 0.717) is 10.6 Å². The quantitative estimate of drug-likeness (QED) is 0.583. The summed E-state index contributed by atoms with van der Waals surface area (Å²) in [5, 5.41) is 0. The molecule has 0 aromatic rings. The molecule has 0 fully saturated rings. The molecule has 0 aliphatic heterocycles. The third kappa shape index (κ3) is 2.70. The van der Waals surface area contributed by atoms with Crippen LogP contribution in [0.1, 0.15) is 6.42 Å². The van der Waals surface area contributed by atoms with Gasteiger partial charge in [-0.3, -0.25) is 0 Å². The van der Waals surface area contributed by atoms with E-state index >= 15 is 6.63 Å². The summed E-state index contributed by atoms with van der Waals surface area (Å²) in [7, 11) is 0. The van der Waals surface area contributed by atoms with Crippen molar-refractivity contribution in [3.05, 3.63) is 22.4 Å². The summed E-state index contributed by atoms with van der Waals surface area (Å²) in [5.41, 5.74) is 5.82. The molecule has 0 aromatic heterocycles. The van der Waals surface area contributed by atoms with E-state index in [9.17, 15) is 0 Å². The Labute approximate surface area is 74.4 Å². The van der Waals surface area contributed by atoms with E-state index < -0.39 is 11.1 Å². The maximum absolute atomic E-state index is 15.2. The first-order valence-electron chi connectivity index (χ1n) is 3.93. The average Bonchev–Trinajstić information content (AvgIpc) is 1.97. The van der Waals surface area contributed by atoms with Gasteiger partial charge in [-0.1, -0.05) is 0 Å². The molecule has 0 saturated carbocycles. The van der Waals surface area contributed by atoms with Crippen molar-refractivity contribution in [3.8, 4) is 0 Å². The summed E-state index contributed by atoms with van der Waals surface area (Å²) in [4.78, 5) is 0. The predicted molar refractivity (Wildman–Crippen MR) is 53.4 cm³/mol. The molecule has 0 saturated heterocycles. The minimum atomic E-state index is -6.60. The number of allylic oxidation sites excluding steroid dienone is 4. The van der Waals surface area contributed by atoms with Crippen LogP contribution in [0.25, 0.3) is 0 Å². The van der Waals surface area contributed by atoms with Gasteiger partial charge < -0.3 is 0 Å². The molecule has 1 rings (SSSR count). The summed E-state index contributed by atoms with van der Waals surface area (Å²) < 4.78 is 30.8. The van der Waals surface area contributed by atoms with Crippen molar-refractivity contribution in [1.82, 2.24) is 0 Å². The van der Waals surface area contributed by atoms with Crippen LogP contribution in [0.5, 0.6) is 0 Å². The van der Waals surface area contributed by atoms with Crippen molar-refractivity contribution in [2.24, 2.45) is 0 Å². The van der Waals surface area contributed by atoms with Crippen LogP contribution in [0.15, 0.2) is 22.4 Å². The number of hydrogen-bond acceptors (Lipinski definition) is 0. The van der Waals surface area contributed by atoms with Crippen LogP contribution < -0.4 is 0 Å². The molecule has 0 aromatic carbocycles. The Morgan fingerprint density at radius 3 is 1.69 bits per heavy atom. The second-order valence-electron chi connectivity index (χ2n) is 7.17. The van der Waals surface area contributed by atoms with E-state index in [-0.39, 0.29) is 0 Å². The number of halogens is 2. The Balaban J connectivity index is 3.65. The molecule has 82 valence electrons. The van der Waals surface area contributed by atoms with Crippen molar-refractivity contribution in [2.45, 2.75) is 34.0 Å². The van der Waals surface area contributed by atoms with Gasteiger partial charge in [0, 0.05) is 0 Å². The molecule has 13 heavy (non-hydrogen) atoms. The van der Waals surface area contributed by atoms with Gasteiger partial charge in [-0.25, -0.2) is 0 Å². The molecule has 1 aliphatic rings. The van der Waals surface area contributed by atoms with Gasteiger partial charge in [0.05, 0.1) is 0 Å². The van der Waals surface area contributed by atoms with E-state index in [1.165, 1.54) is 0 Å². The number of hydrogen-bond donors (Lipinski definition) is 0. The third-order valence-corrected chi connectivity index (χ3v) is 9.09. The van der Waals surface area contributed by atoms with Gasteiger partial charge in [0.15, 0.2) is 0 Å². The Morgan fingerprint density at radius 1 is 1.08 bits per heavy atom. The van der Waals surface area contributed by atoms with Crippen LogP contribution in [0.3, 0.4) is 0 Å². The maximum atomic E-state index is 15.2. The topological polar surface area (TPSA) is 0 Å². The van der Waals surface area contributed by atoms with Crippen LogP contribution in [-0.2, 0) is 11.1 Å². The molecule has 1 aliphatic carbocycles. The monoisotopic (exact) mass is 280 g/mol. The van der Waals surface area contributed by atoms with E-state index in [1.807, 2.05) is 0 Å². The Bertz CT molecular complexity index is 344. The van der Waals surface area contributed by atoms with Gasteiger partial charge in [0.2, 0.25) is 0 Å². The van der Waals surface area contributed by atoms with Crippen LogP contribution >= 0.6 is 0 Å². The molecule has 0 amide bonds. The van der Waals surface area contributed by atoms with E-state index in [1.54, 1.807) is 18.2 Å². The summed E-state index contributed by atoms with van der Waals surface area (Å²) >= 11 is -6.60.